The minimum atomic E-state index is -3.80. The van der Waals surface area contributed by atoms with Gasteiger partial charge >= 0.3 is 5.97 Å². The van der Waals surface area contributed by atoms with E-state index in [0.29, 0.717) is 18.8 Å². The fourth-order valence-electron chi connectivity index (χ4n) is 1.11. The Kier molecular flexibility index (Phi) is 4.67. The zero-order valence-corrected chi connectivity index (χ0v) is 10.1. The predicted octanol–water partition coefficient (Wildman–Crippen LogP) is -0.420. The van der Waals surface area contributed by atoms with E-state index >= 15 is 0 Å². The summed E-state index contributed by atoms with van der Waals surface area (Å²) in [6, 6.07) is 2.79. The summed E-state index contributed by atoms with van der Waals surface area (Å²) in [4.78, 5) is 10.8. The average Bonchev–Trinajstić information content (AvgIpc) is 2.72. The highest BCUT2D eigenvalue weighted by Gasteiger charge is 2.12. The Balaban J connectivity index is 2.38. The van der Waals surface area contributed by atoms with Crippen molar-refractivity contribution in [2.45, 2.75) is 18.1 Å². The summed E-state index contributed by atoms with van der Waals surface area (Å²) >= 11 is 0. The normalized spacial score (nSPS) is 11.4. The van der Waals surface area contributed by atoms with Crippen LogP contribution in [-0.4, -0.2) is 28.0 Å². The van der Waals surface area contributed by atoms with Crippen LogP contribution >= 0.6 is 0 Å². The lowest BCUT2D eigenvalue weighted by molar-refractivity contribution is -0.140. The number of ether oxygens (including phenoxy) is 1. The number of hydrogen-bond donors (Lipinski definition) is 2. The summed E-state index contributed by atoms with van der Waals surface area (Å²) in [6.45, 7) is 0.727. The summed E-state index contributed by atoms with van der Waals surface area (Å²) in [5, 5.41) is 7.51. The maximum atomic E-state index is 10.9. The minimum absolute atomic E-state index is 0.235. The largest absolute Gasteiger partial charge is 0.469 e. The lowest BCUT2D eigenvalue weighted by atomic mass is 10.4. The van der Waals surface area contributed by atoms with Crippen LogP contribution in [0.5, 0.6) is 0 Å². The molecule has 1 rings (SSSR count). The lowest BCUT2D eigenvalue weighted by Crippen LogP contribution is -2.18. The maximum absolute atomic E-state index is 10.9. The van der Waals surface area contributed by atoms with Gasteiger partial charge in [-0.15, -0.1) is 0 Å². The number of carbonyl (C=O) groups is 1. The molecule has 0 atom stereocenters. The van der Waals surface area contributed by atoms with E-state index < -0.39 is 10.0 Å². The number of rotatable bonds is 6. The smallest absolute Gasteiger partial charge is 0.306 e. The van der Waals surface area contributed by atoms with Gasteiger partial charge in [-0.25, -0.2) is 13.6 Å². The van der Waals surface area contributed by atoms with Gasteiger partial charge in [0.05, 0.1) is 20.1 Å². The van der Waals surface area contributed by atoms with Crippen molar-refractivity contribution in [3.63, 3.8) is 0 Å². The molecule has 7 nitrogen and oxygen atoms in total. The lowest BCUT2D eigenvalue weighted by Gasteiger charge is -2.01. The number of hydrogen-bond acceptors (Lipinski definition) is 6. The van der Waals surface area contributed by atoms with E-state index in [1.807, 2.05) is 0 Å². The Morgan fingerprint density at radius 1 is 1.53 bits per heavy atom. The molecule has 1 aromatic rings. The molecule has 1 aromatic heterocycles. The van der Waals surface area contributed by atoms with Gasteiger partial charge in [0.1, 0.15) is 5.76 Å². The summed E-state index contributed by atoms with van der Waals surface area (Å²) in [7, 11) is -2.49. The van der Waals surface area contributed by atoms with Gasteiger partial charge in [-0.2, -0.15) is 0 Å². The number of primary sulfonamides is 1. The summed E-state index contributed by atoms with van der Waals surface area (Å²) in [6.07, 6.45) is 0.235. The molecule has 0 aliphatic carbocycles. The molecule has 0 saturated carbocycles. The number of furan rings is 1. The summed E-state index contributed by atoms with van der Waals surface area (Å²) in [5.74, 6) is 0.112. The quantitative estimate of drug-likeness (QED) is 0.532. The van der Waals surface area contributed by atoms with Gasteiger partial charge in [0, 0.05) is 6.54 Å². The molecule has 3 N–H and O–H groups in total. The van der Waals surface area contributed by atoms with E-state index in [1.54, 1.807) is 0 Å². The second-order valence-electron chi connectivity index (χ2n) is 3.27. The van der Waals surface area contributed by atoms with Gasteiger partial charge in [0.25, 0.3) is 10.0 Å². The molecule has 0 amide bonds. The third-order valence-corrected chi connectivity index (χ3v) is 2.73. The number of esters is 1. The Hall–Kier alpha value is -1.38. The molecule has 17 heavy (non-hydrogen) atoms. The molecule has 0 bridgehead atoms. The van der Waals surface area contributed by atoms with Crippen molar-refractivity contribution in [1.82, 2.24) is 5.32 Å². The number of sulfonamides is 1. The van der Waals surface area contributed by atoms with Crippen molar-refractivity contribution in [2.75, 3.05) is 13.7 Å². The number of nitrogens with one attached hydrogen (secondary N) is 1. The molecule has 0 aliphatic heterocycles. The highest BCUT2D eigenvalue weighted by atomic mass is 32.2. The predicted molar refractivity (Wildman–Crippen MR) is 58.4 cm³/mol. The van der Waals surface area contributed by atoms with Gasteiger partial charge in [-0.1, -0.05) is 0 Å². The zero-order valence-electron chi connectivity index (χ0n) is 9.30. The first-order valence-corrected chi connectivity index (χ1v) is 6.37. The Morgan fingerprint density at radius 3 is 2.76 bits per heavy atom. The van der Waals surface area contributed by atoms with Gasteiger partial charge < -0.3 is 14.5 Å². The fraction of sp³-hybridized carbons (Fsp3) is 0.444. The molecule has 0 aromatic carbocycles. The van der Waals surface area contributed by atoms with Gasteiger partial charge in [-0.3, -0.25) is 4.79 Å². The van der Waals surface area contributed by atoms with Crippen molar-refractivity contribution in [2.24, 2.45) is 5.14 Å². The second-order valence-corrected chi connectivity index (χ2v) is 4.76. The summed E-state index contributed by atoms with van der Waals surface area (Å²) < 4.78 is 31.3. The first-order valence-electron chi connectivity index (χ1n) is 4.82. The van der Waals surface area contributed by atoms with Crippen LogP contribution in [0.15, 0.2) is 21.6 Å². The Labute approximate surface area is 99.0 Å². The Bertz CT molecular complexity index is 479. The third kappa shape index (κ3) is 4.55. The molecule has 96 valence electrons. The first kappa shape index (κ1) is 13.7. The second kappa shape index (κ2) is 5.80. The first-order chi connectivity index (χ1) is 7.93. The molecule has 8 heteroatoms. The average molecular weight is 262 g/mol. The van der Waals surface area contributed by atoms with Crippen LogP contribution in [0, 0.1) is 0 Å². The monoisotopic (exact) mass is 262 g/mol. The number of methoxy groups -OCH3 is 1. The molecule has 0 fully saturated rings. The van der Waals surface area contributed by atoms with E-state index in [2.05, 4.69) is 10.1 Å². The van der Waals surface area contributed by atoms with Crippen molar-refractivity contribution in [1.29, 1.82) is 0 Å². The number of nitrogens with two attached hydrogens (primary N) is 1. The number of carbonyl (C=O) groups excluding carboxylic acids is 1. The molecule has 1 heterocycles. The van der Waals surface area contributed by atoms with Gasteiger partial charge in [0.2, 0.25) is 5.09 Å². The van der Waals surface area contributed by atoms with Crippen molar-refractivity contribution in [3.05, 3.63) is 17.9 Å². The molecular weight excluding hydrogens is 248 g/mol. The van der Waals surface area contributed by atoms with Crippen molar-refractivity contribution < 1.29 is 22.4 Å². The van der Waals surface area contributed by atoms with E-state index in [1.165, 1.54) is 19.2 Å². The minimum Gasteiger partial charge on any atom is -0.469 e. The van der Waals surface area contributed by atoms with Crippen LogP contribution in [0.4, 0.5) is 0 Å². The van der Waals surface area contributed by atoms with Crippen molar-refractivity contribution in [3.8, 4) is 0 Å². The standard InChI is InChI=1S/C9H14N2O5S/c1-15-8(12)4-5-11-6-7-2-3-9(16-7)17(10,13)14/h2-3,11H,4-6H2,1H3,(H2,10,13,14). The maximum Gasteiger partial charge on any atom is 0.306 e. The molecule has 0 aliphatic rings. The topological polar surface area (TPSA) is 112 Å². The fourth-order valence-corrected chi connectivity index (χ4v) is 1.59. The molecule has 0 unspecified atom stereocenters. The van der Waals surface area contributed by atoms with Crippen LogP contribution < -0.4 is 10.5 Å². The van der Waals surface area contributed by atoms with Crippen molar-refractivity contribution >= 4 is 16.0 Å². The third-order valence-electron chi connectivity index (χ3n) is 1.95. The van der Waals surface area contributed by atoms with E-state index in [-0.39, 0.29) is 17.5 Å². The van der Waals surface area contributed by atoms with Crippen LogP contribution in [0.1, 0.15) is 12.2 Å². The highest BCUT2D eigenvalue weighted by molar-refractivity contribution is 7.89. The van der Waals surface area contributed by atoms with E-state index in [4.69, 9.17) is 9.56 Å². The van der Waals surface area contributed by atoms with Crippen LogP contribution in [0.25, 0.3) is 0 Å². The van der Waals surface area contributed by atoms with Crippen LogP contribution in [-0.2, 0) is 26.1 Å². The van der Waals surface area contributed by atoms with Crippen LogP contribution in [0.3, 0.4) is 0 Å². The molecule has 0 saturated heterocycles. The van der Waals surface area contributed by atoms with E-state index in [9.17, 15) is 13.2 Å². The van der Waals surface area contributed by atoms with Gasteiger partial charge in [-0.05, 0) is 12.1 Å². The molecule has 0 radical (unpaired) electrons. The molecular formula is C9H14N2O5S. The molecule has 0 spiro atoms. The SMILES string of the molecule is COC(=O)CCNCc1ccc(S(N)(=O)=O)o1. The Morgan fingerprint density at radius 2 is 2.24 bits per heavy atom. The highest BCUT2D eigenvalue weighted by Crippen LogP contribution is 2.11. The summed E-state index contributed by atoms with van der Waals surface area (Å²) in [5.41, 5.74) is 0. The zero-order chi connectivity index (χ0) is 12.9. The van der Waals surface area contributed by atoms with Crippen LogP contribution in [0.2, 0.25) is 0 Å². The van der Waals surface area contributed by atoms with E-state index in [0.717, 1.165) is 0 Å². The van der Waals surface area contributed by atoms with Gasteiger partial charge in [0.15, 0.2) is 0 Å².